The lowest BCUT2D eigenvalue weighted by molar-refractivity contribution is 0.975. The van der Waals surface area contributed by atoms with Crippen LogP contribution in [0.4, 0.5) is 5.69 Å². The molecule has 2 heteroatoms. The van der Waals surface area contributed by atoms with Gasteiger partial charge in [0.05, 0.1) is 0 Å². The van der Waals surface area contributed by atoms with Crippen molar-refractivity contribution in [3.8, 4) is 0 Å². The molecule has 12 heavy (non-hydrogen) atoms. The van der Waals surface area contributed by atoms with Crippen LogP contribution in [-0.2, 0) is 0 Å². The Bertz CT molecular complexity index is 247. The number of nitrogens with zero attached hydrogens (tertiary/aromatic N) is 1. The van der Waals surface area contributed by atoms with E-state index in [0.717, 1.165) is 11.9 Å². The molecule has 1 rings (SSSR count). The molecule has 0 aromatic heterocycles. The fourth-order valence-corrected chi connectivity index (χ4v) is 1.77. The summed E-state index contributed by atoms with van der Waals surface area (Å²) in [5.74, 6) is 0. The maximum absolute atomic E-state index is 3.43. The van der Waals surface area contributed by atoms with Crippen molar-refractivity contribution in [3.05, 3.63) is 29.8 Å². The van der Waals surface area contributed by atoms with Crippen molar-refractivity contribution in [2.75, 3.05) is 23.8 Å². The van der Waals surface area contributed by atoms with Crippen LogP contribution in [0.1, 0.15) is 5.56 Å². The van der Waals surface area contributed by atoms with Gasteiger partial charge in [0.15, 0.2) is 0 Å². The van der Waals surface area contributed by atoms with Gasteiger partial charge in [-0.05, 0) is 18.6 Å². The standard InChI is InChI=1S/C10H14BrN/c1-9-5-3-4-6-10(9)12(2)8-7-11/h3-6H,7-8H2,1-2H3. The van der Waals surface area contributed by atoms with E-state index in [-0.39, 0.29) is 0 Å². The number of anilines is 1. The maximum Gasteiger partial charge on any atom is 0.0393 e. The summed E-state index contributed by atoms with van der Waals surface area (Å²) in [6.07, 6.45) is 0. The highest BCUT2D eigenvalue weighted by Gasteiger charge is 2.00. The van der Waals surface area contributed by atoms with Crippen molar-refractivity contribution in [1.82, 2.24) is 0 Å². The molecule has 0 aliphatic heterocycles. The van der Waals surface area contributed by atoms with Crippen LogP contribution in [0, 0.1) is 6.92 Å². The molecule has 0 saturated carbocycles. The van der Waals surface area contributed by atoms with Crippen molar-refractivity contribution in [3.63, 3.8) is 0 Å². The third-order valence-corrected chi connectivity index (χ3v) is 2.30. The Morgan fingerprint density at radius 2 is 2.00 bits per heavy atom. The van der Waals surface area contributed by atoms with Crippen LogP contribution in [0.2, 0.25) is 0 Å². The Morgan fingerprint density at radius 1 is 1.33 bits per heavy atom. The molecule has 1 aromatic carbocycles. The van der Waals surface area contributed by atoms with Crippen LogP contribution in [0.15, 0.2) is 24.3 Å². The highest BCUT2D eigenvalue weighted by molar-refractivity contribution is 9.09. The van der Waals surface area contributed by atoms with Crippen LogP contribution in [0.3, 0.4) is 0 Å². The van der Waals surface area contributed by atoms with E-state index in [1.54, 1.807) is 0 Å². The molecular formula is C10H14BrN. The summed E-state index contributed by atoms with van der Waals surface area (Å²) < 4.78 is 0. The van der Waals surface area contributed by atoms with Crippen LogP contribution >= 0.6 is 15.9 Å². The van der Waals surface area contributed by atoms with Gasteiger partial charge in [0, 0.05) is 24.6 Å². The third kappa shape index (κ3) is 2.24. The number of para-hydroxylation sites is 1. The van der Waals surface area contributed by atoms with Gasteiger partial charge < -0.3 is 4.90 Å². The van der Waals surface area contributed by atoms with Crippen molar-refractivity contribution in [1.29, 1.82) is 0 Å². The lowest BCUT2D eigenvalue weighted by Gasteiger charge is -2.19. The maximum atomic E-state index is 3.43. The smallest absolute Gasteiger partial charge is 0.0393 e. The molecule has 0 unspecified atom stereocenters. The molecule has 0 amide bonds. The molecule has 1 aromatic rings. The molecule has 0 aliphatic rings. The summed E-state index contributed by atoms with van der Waals surface area (Å²) in [6.45, 7) is 3.19. The minimum absolute atomic E-state index is 1.01. The monoisotopic (exact) mass is 227 g/mol. The predicted octanol–water partition coefficient (Wildman–Crippen LogP) is 2.83. The van der Waals surface area contributed by atoms with E-state index in [0.29, 0.717) is 0 Å². The Labute approximate surface area is 82.5 Å². The topological polar surface area (TPSA) is 3.24 Å². The zero-order chi connectivity index (χ0) is 8.97. The van der Waals surface area contributed by atoms with Crippen molar-refractivity contribution < 1.29 is 0 Å². The Balaban J connectivity index is 2.79. The summed E-state index contributed by atoms with van der Waals surface area (Å²) in [7, 11) is 2.11. The van der Waals surface area contributed by atoms with Gasteiger partial charge in [-0.2, -0.15) is 0 Å². The average molecular weight is 228 g/mol. The molecule has 0 aliphatic carbocycles. The molecule has 0 heterocycles. The van der Waals surface area contributed by atoms with E-state index >= 15 is 0 Å². The van der Waals surface area contributed by atoms with E-state index in [1.807, 2.05) is 0 Å². The summed E-state index contributed by atoms with van der Waals surface area (Å²) in [6, 6.07) is 8.44. The number of halogens is 1. The lowest BCUT2D eigenvalue weighted by Crippen LogP contribution is -2.20. The SMILES string of the molecule is Cc1ccccc1N(C)CCBr. The predicted molar refractivity (Wildman–Crippen MR) is 58.2 cm³/mol. The first-order chi connectivity index (χ1) is 5.75. The molecular weight excluding hydrogens is 214 g/mol. The van der Waals surface area contributed by atoms with Gasteiger partial charge in [-0.15, -0.1) is 0 Å². The Hall–Kier alpha value is -0.500. The number of aryl methyl sites for hydroxylation is 1. The lowest BCUT2D eigenvalue weighted by atomic mass is 10.2. The summed E-state index contributed by atoms with van der Waals surface area (Å²) in [4.78, 5) is 2.25. The minimum Gasteiger partial charge on any atom is -0.374 e. The molecule has 0 N–H and O–H groups in total. The fourth-order valence-electron chi connectivity index (χ4n) is 1.24. The van der Waals surface area contributed by atoms with Gasteiger partial charge in [-0.25, -0.2) is 0 Å². The summed E-state index contributed by atoms with van der Waals surface area (Å²) in [5, 5.41) is 1.01. The fraction of sp³-hybridized carbons (Fsp3) is 0.400. The first kappa shape index (κ1) is 9.59. The van der Waals surface area contributed by atoms with E-state index in [2.05, 4.69) is 59.1 Å². The Morgan fingerprint density at radius 3 is 2.58 bits per heavy atom. The quantitative estimate of drug-likeness (QED) is 0.719. The van der Waals surface area contributed by atoms with E-state index in [4.69, 9.17) is 0 Å². The molecule has 0 spiro atoms. The minimum atomic E-state index is 1.01. The van der Waals surface area contributed by atoms with Gasteiger partial charge in [0.25, 0.3) is 0 Å². The zero-order valence-corrected chi connectivity index (χ0v) is 9.13. The van der Waals surface area contributed by atoms with Crippen molar-refractivity contribution in [2.24, 2.45) is 0 Å². The summed E-state index contributed by atoms with van der Waals surface area (Å²) >= 11 is 3.43. The molecule has 0 fully saturated rings. The first-order valence-electron chi connectivity index (χ1n) is 4.08. The average Bonchev–Trinajstić information content (AvgIpc) is 2.05. The van der Waals surface area contributed by atoms with Crippen LogP contribution in [-0.4, -0.2) is 18.9 Å². The Kier molecular flexibility index (Phi) is 3.60. The second kappa shape index (κ2) is 4.51. The highest BCUT2D eigenvalue weighted by atomic mass is 79.9. The van der Waals surface area contributed by atoms with Crippen LogP contribution in [0.25, 0.3) is 0 Å². The number of rotatable bonds is 3. The van der Waals surface area contributed by atoms with Crippen LogP contribution < -0.4 is 4.90 Å². The number of benzene rings is 1. The number of hydrogen-bond donors (Lipinski definition) is 0. The van der Waals surface area contributed by atoms with Crippen molar-refractivity contribution >= 4 is 21.6 Å². The summed E-state index contributed by atoms with van der Waals surface area (Å²) in [5.41, 5.74) is 2.65. The molecule has 66 valence electrons. The zero-order valence-electron chi connectivity index (χ0n) is 7.55. The van der Waals surface area contributed by atoms with Gasteiger partial charge in [-0.3, -0.25) is 0 Å². The van der Waals surface area contributed by atoms with E-state index in [9.17, 15) is 0 Å². The first-order valence-corrected chi connectivity index (χ1v) is 5.20. The normalized spacial score (nSPS) is 9.92. The molecule has 0 radical (unpaired) electrons. The van der Waals surface area contributed by atoms with E-state index < -0.39 is 0 Å². The highest BCUT2D eigenvalue weighted by Crippen LogP contribution is 2.17. The number of alkyl halides is 1. The molecule has 1 nitrogen and oxygen atoms in total. The third-order valence-electron chi connectivity index (χ3n) is 1.95. The second-order valence-corrected chi connectivity index (χ2v) is 3.69. The van der Waals surface area contributed by atoms with Crippen LogP contribution in [0.5, 0.6) is 0 Å². The molecule has 0 atom stereocenters. The second-order valence-electron chi connectivity index (χ2n) is 2.90. The van der Waals surface area contributed by atoms with Gasteiger partial charge >= 0.3 is 0 Å². The largest absolute Gasteiger partial charge is 0.374 e. The van der Waals surface area contributed by atoms with Gasteiger partial charge in [0.2, 0.25) is 0 Å². The molecule has 0 bridgehead atoms. The molecule has 0 saturated heterocycles. The number of hydrogen-bond acceptors (Lipinski definition) is 1. The van der Waals surface area contributed by atoms with Gasteiger partial charge in [-0.1, -0.05) is 34.1 Å². The van der Waals surface area contributed by atoms with Crippen molar-refractivity contribution in [2.45, 2.75) is 6.92 Å². The van der Waals surface area contributed by atoms with E-state index in [1.165, 1.54) is 11.3 Å². The van der Waals surface area contributed by atoms with Gasteiger partial charge in [0.1, 0.15) is 0 Å².